The fourth-order valence-electron chi connectivity index (χ4n) is 5.39. The zero-order valence-electron chi connectivity index (χ0n) is 25.6. The molecule has 238 valence electrons. The number of carbonyl (C=O) groups is 2. The normalized spacial score (nSPS) is 13.2. The van der Waals surface area contributed by atoms with Crippen molar-refractivity contribution >= 4 is 38.6 Å². The van der Waals surface area contributed by atoms with Crippen LogP contribution in [0.15, 0.2) is 65.1 Å². The molecule has 1 saturated carbocycles. The number of methoxy groups -OCH3 is 1. The number of furan rings is 1. The van der Waals surface area contributed by atoms with Crippen LogP contribution in [-0.2, 0) is 26.1 Å². The predicted octanol–water partition coefficient (Wildman–Crippen LogP) is 6.42. The molecule has 45 heavy (non-hydrogen) atoms. The van der Waals surface area contributed by atoms with Crippen LogP contribution in [0, 0.1) is 5.82 Å². The lowest BCUT2D eigenvalue weighted by atomic mass is 10.0. The van der Waals surface area contributed by atoms with Crippen molar-refractivity contribution in [2.75, 3.05) is 37.9 Å². The van der Waals surface area contributed by atoms with Crippen molar-refractivity contribution in [1.29, 1.82) is 0 Å². The molecule has 1 N–H and O–H groups in total. The van der Waals surface area contributed by atoms with Gasteiger partial charge >= 0.3 is 5.97 Å². The summed E-state index contributed by atoms with van der Waals surface area (Å²) in [7, 11) is -0.759. The fraction of sp³-hybridized carbons (Fsp3) is 0.353. The Labute approximate surface area is 262 Å². The van der Waals surface area contributed by atoms with Gasteiger partial charge in [-0.05, 0) is 91.6 Å². The molecular formula is C34H37FN2O7S. The van der Waals surface area contributed by atoms with E-state index in [0.29, 0.717) is 58.7 Å². The zero-order valence-corrected chi connectivity index (χ0v) is 26.4. The molecule has 1 aliphatic rings. The minimum Gasteiger partial charge on any atom is -0.465 e. The molecule has 0 aliphatic heterocycles. The number of anilines is 1. The summed E-state index contributed by atoms with van der Waals surface area (Å²) in [6, 6.07) is 16.4. The third-order valence-corrected chi connectivity index (χ3v) is 9.06. The molecule has 1 fully saturated rings. The van der Waals surface area contributed by atoms with Gasteiger partial charge in [-0.3, -0.25) is 9.10 Å². The molecule has 1 heterocycles. The van der Waals surface area contributed by atoms with Crippen molar-refractivity contribution in [2.24, 2.45) is 0 Å². The Morgan fingerprint density at radius 1 is 1.02 bits per heavy atom. The van der Waals surface area contributed by atoms with Gasteiger partial charge in [-0.15, -0.1) is 0 Å². The number of unbranched alkanes of at least 4 members (excludes halogenated alkanes) is 2. The molecule has 9 nitrogen and oxygen atoms in total. The van der Waals surface area contributed by atoms with Crippen LogP contribution in [0.1, 0.15) is 69.9 Å². The van der Waals surface area contributed by atoms with Crippen molar-refractivity contribution in [2.45, 2.75) is 44.6 Å². The highest BCUT2D eigenvalue weighted by atomic mass is 32.2. The molecule has 0 unspecified atom stereocenters. The van der Waals surface area contributed by atoms with Crippen molar-refractivity contribution < 1.29 is 36.3 Å². The monoisotopic (exact) mass is 636 g/mol. The molecule has 0 spiro atoms. The number of fused-ring (bicyclic) bond motifs is 1. The van der Waals surface area contributed by atoms with Crippen LogP contribution >= 0.6 is 0 Å². The molecule has 0 bridgehead atoms. The van der Waals surface area contributed by atoms with E-state index in [1.165, 1.54) is 36.9 Å². The van der Waals surface area contributed by atoms with E-state index in [1.54, 1.807) is 30.3 Å². The maximum atomic E-state index is 13.6. The van der Waals surface area contributed by atoms with E-state index >= 15 is 0 Å². The second-order valence-electron chi connectivity index (χ2n) is 11.2. The summed E-state index contributed by atoms with van der Waals surface area (Å²) >= 11 is 0. The molecule has 4 aromatic rings. The first-order valence-corrected chi connectivity index (χ1v) is 16.8. The predicted molar refractivity (Wildman–Crippen MR) is 170 cm³/mol. The van der Waals surface area contributed by atoms with E-state index in [0.717, 1.165) is 36.8 Å². The van der Waals surface area contributed by atoms with Crippen molar-refractivity contribution in [1.82, 2.24) is 5.32 Å². The number of esters is 1. The van der Waals surface area contributed by atoms with E-state index in [1.807, 2.05) is 18.2 Å². The number of benzene rings is 3. The first-order valence-electron chi connectivity index (χ1n) is 14.9. The molecule has 0 saturated heterocycles. The highest BCUT2D eigenvalue weighted by molar-refractivity contribution is 7.92. The Morgan fingerprint density at radius 2 is 1.73 bits per heavy atom. The first kappa shape index (κ1) is 32.2. The lowest BCUT2D eigenvalue weighted by Gasteiger charge is -2.25. The molecule has 1 aliphatic carbocycles. The summed E-state index contributed by atoms with van der Waals surface area (Å²) in [5.74, 6) is -0.652. The van der Waals surface area contributed by atoms with Crippen molar-refractivity contribution in [3.05, 3.63) is 88.7 Å². The quantitative estimate of drug-likeness (QED) is 0.126. The molecule has 1 aromatic heterocycles. The molecular weight excluding hydrogens is 599 g/mol. The summed E-state index contributed by atoms with van der Waals surface area (Å²) in [6.45, 7) is 1.20. The summed E-state index contributed by atoms with van der Waals surface area (Å²) in [5, 5.41) is 3.25. The number of ether oxygens (including phenoxy) is 2. The zero-order chi connectivity index (χ0) is 32.1. The van der Waals surface area contributed by atoms with E-state index in [2.05, 4.69) is 5.32 Å². The lowest BCUT2D eigenvalue weighted by molar-refractivity contribution is 0.0600. The first-order chi connectivity index (χ1) is 21.6. The molecule has 5 rings (SSSR count). The standard InChI is InChI=1S/C34H37FN2O7S/c1-36-33(38)31-28-19-27(23-11-12-23)29(20-30(28)44-32(31)24-13-15-26(35)16-14-24)37(45(3,40)41)17-5-4-6-18-43-21-22-7-9-25(10-8-22)34(39)42-2/h7-10,13-16,19-20,23H,4-6,11-12,17-18,21H2,1-3H3,(H,36,38). The molecule has 11 heteroatoms. The second kappa shape index (κ2) is 13.8. The van der Waals surface area contributed by atoms with Crippen molar-refractivity contribution in [3.63, 3.8) is 0 Å². The number of sulfonamides is 1. The summed E-state index contributed by atoms with van der Waals surface area (Å²) in [6.07, 6.45) is 5.18. The highest BCUT2D eigenvalue weighted by Crippen LogP contribution is 2.48. The summed E-state index contributed by atoms with van der Waals surface area (Å²) < 4.78 is 58.0. The average Bonchev–Trinajstić information content (AvgIpc) is 3.81. The Kier molecular flexibility index (Phi) is 9.89. The second-order valence-corrected chi connectivity index (χ2v) is 13.1. The number of rotatable bonds is 14. The van der Waals surface area contributed by atoms with E-state index in [9.17, 15) is 22.4 Å². The molecule has 3 aromatic carbocycles. The number of amides is 1. The highest BCUT2D eigenvalue weighted by Gasteiger charge is 2.33. The van der Waals surface area contributed by atoms with E-state index in [4.69, 9.17) is 13.9 Å². The lowest BCUT2D eigenvalue weighted by Crippen LogP contribution is -2.31. The van der Waals surface area contributed by atoms with Gasteiger partial charge in [0.05, 0.1) is 36.8 Å². The van der Waals surface area contributed by atoms with E-state index < -0.39 is 15.8 Å². The smallest absolute Gasteiger partial charge is 0.337 e. The number of nitrogens with zero attached hydrogens (tertiary/aromatic N) is 1. The van der Waals surface area contributed by atoms with Gasteiger partial charge in [0.15, 0.2) is 0 Å². The molecule has 0 atom stereocenters. The maximum Gasteiger partial charge on any atom is 0.337 e. The van der Waals surface area contributed by atoms with Gasteiger partial charge in [0.1, 0.15) is 17.2 Å². The molecule has 0 radical (unpaired) electrons. The van der Waals surface area contributed by atoms with Crippen LogP contribution in [0.25, 0.3) is 22.3 Å². The Bertz CT molecular complexity index is 1780. The van der Waals surface area contributed by atoms with Crippen molar-refractivity contribution in [3.8, 4) is 11.3 Å². The van der Waals surface area contributed by atoms with Gasteiger partial charge in [-0.25, -0.2) is 17.6 Å². The minimum absolute atomic E-state index is 0.186. The van der Waals surface area contributed by atoms with Crippen LogP contribution < -0.4 is 9.62 Å². The van der Waals surface area contributed by atoms with E-state index in [-0.39, 0.29) is 24.3 Å². The molecule has 1 amide bonds. The summed E-state index contributed by atoms with van der Waals surface area (Å²) in [4.78, 5) is 24.6. The third-order valence-electron chi connectivity index (χ3n) is 7.88. The summed E-state index contributed by atoms with van der Waals surface area (Å²) in [5.41, 5.74) is 4.10. The third kappa shape index (κ3) is 7.54. The minimum atomic E-state index is -3.63. The van der Waals surface area contributed by atoms with Gasteiger partial charge in [0.2, 0.25) is 10.0 Å². The largest absolute Gasteiger partial charge is 0.465 e. The van der Waals surface area contributed by atoms with Crippen LogP contribution in [0.5, 0.6) is 0 Å². The topological polar surface area (TPSA) is 115 Å². The van der Waals surface area contributed by atoms with Crippen LogP contribution in [0.2, 0.25) is 0 Å². The Hall–Kier alpha value is -4.22. The number of carbonyl (C=O) groups excluding carboxylic acids is 2. The van der Waals surface area contributed by atoms with Gasteiger partial charge < -0.3 is 19.2 Å². The van der Waals surface area contributed by atoms with Gasteiger partial charge in [-0.2, -0.15) is 0 Å². The Morgan fingerprint density at radius 3 is 2.36 bits per heavy atom. The van der Waals surface area contributed by atoms with Crippen LogP contribution in [0.3, 0.4) is 0 Å². The number of nitrogens with one attached hydrogen (secondary N) is 1. The van der Waals surface area contributed by atoms with Crippen LogP contribution in [0.4, 0.5) is 10.1 Å². The van der Waals surface area contributed by atoms with Gasteiger partial charge in [-0.1, -0.05) is 12.1 Å². The maximum absolute atomic E-state index is 13.6. The Balaban J connectivity index is 1.31. The number of hydrogen-bond donors (Lipinski definition) is 1. The van der Waals surface area contributed by atoms with Crippen LogP contribution in [-0.4, -0.2) is 53.9 Å². The SMILES string of the molecule is CNC(=O)c1c(-c2ccc(F)cc2)oc2cc(N(CCCCCOCc3ccc(C(=O)OC)cc3)S(C)(=O)=O)c(C3CC3)cc12. The van der Waals surface area contributed by atoms with Gasteiger partial charge in [0, 0.05) is 37.2 Å². The number of halogens is 1. The average molecular weight is 637 g/mol. The fourth-order valence-corrected chi connectivity index (χ4v) is 6.36. The number of hydrogen-bond acceptors (Lipinski definition) is 7. The van der Waals surface area contributed by atoms with Gasteiger partial charge in [0.25, 0.3) is 5.91 Å².